The quantitative estimate of drug-likeness (QED) is 0.200. The molecule has 4 N–H and O–H groups in total. The molecule has 0 fully saturated rings. The van der Waals surface area contributed by atoms with Crippen molar-refractivity contribution in [2.75, 3.05) is 25.0 Å². The lowest BCUT2D eigenvalue weighted by Gasteiger charge is -2.11. The minimum atomic E-state index is -0.252. The summed E-state index contributed by atoms with van der Waals surface area (Å²) in [6, 6.07) is 10.2. The Balaban J connectivity index is 0.00000341. The van der Waals surface area contributed by atoms with Gasteiger partial charge in [-0.2, -0.15) is 0 Å². The number of nitrogens with one attached hydrogen (secondary N) is 4. The Bertz CT molecular complexity index is 1040. The monoisotopic (exact) mass is 538 g/mol. The number of fused-ring (bicyclic) bond motifs is 1. The third kappa shape index (κ3) is 7.50. The number of aromatic amines is 1. The van der Waals surface area contributed by atoms with Gasteiger partial charge in [-0.15, -0.1) is 24.0 Å². The highest BCUT2D eigenvalue weighted by Crippen LogP contribution is 2.19. The standard InChI is InChI=1S/C22H27FN6O.HI/c1-3-24-22(26-12-10-21(30)29-20-6-4-5-15(2)28-20)25-11-9-16-14-27-19-13-17(23)7-8-18(16)19;/h4-8,13-14,27H,3,9-12H2,1-2H3,(H2,24,25,26)(H,28,29,30);1H. The van der Waals surface area contributed by atoms with E-state index >= 15 is 0 Å². The molecule has 2 aromatic heterocycles. The van der Waals surface area contributed by atoms with Crippen LogP contribution in [0.5, 0.6) is 0 Å². The Morgan fingerprint density at radius 3 is 2.84 bits per heavy atom. The van der Waals surface area contributed by atoms with E-state index in [2.05, 4.69) is 30.9 Å². The molecule has 0 saturated heterocycles. The van der Waals surface area contributed by atoms with Gasteiger partial charge in [-0.1, -0.05) is 6.07 Å². The summed E-state index contributed by atoms with van der Waals surface area (Å²) < 4.78 is 13.3. The highest BCUT2D eigenvalue weighted by Gasteiger charge is 2.06. The molecule has 0 aliphatic carbocycles. The summed E-state index contributed by atoms with van der Waals surface area (Å²) in [5, 5.41) is 10.2. The molecule has 0 saturated carbocycles. The number of aryl methyl sites for hydroxylation is 1. The second kappa shape index (κ2) is 12.2. The zero-order valence-electron chi connectivity index (χ0n) is 17.7. The number of hydrogen-bond acceptors (Lipinski definition) is 3. The van der Waals surface area contributed by atoms with E-state index in [0.29, 0.717) is 24.9 Å². The van der Waals surface area contributed by atoms with Gasteiger partial charge in [0.2, 0.25) is 5.91 Å². The molecule has 0 aliphatic heterocycles. The minimum Gasteiger partial charge on any atom is -0.361 e. The number of carbonyl (C=O) groups excluding carboxylic acids is 1. The number of aromatic nitrogens is 2. The molecule has 166 valence electrons. The number of H-pyrrole nitrogens is 1. The molecule has 9 heteroatoms. The number of pyridine rings is 1. The number of amides is 1. The Morgan fingerprint density at radius 1 is 1.23 bits per heavy atom. The maximum absolute atomic E-state index is 13.3. The molecule has 0 unspecified atom stereocenters. The van der Waals surface area contributed by atoms with Crippen molar-refractivity contribution in [3.63, 3.8) is 0 Å². The summed E-state index contributed by atoms with van der Waals surface area (Å²) in [6.07, 6.45) is 2.93. The molecular weight excluding hydrogens is 510 g/mol. The van der Waals surface area contributed by atoms with Crippen molar-refractivity contribution in [1.82, 2.24) is 20.6 Å². The van der Waals surface area contributed by atoms with Crippen LogP contribution in [0.1, 0.15) is 24.6 Å². The van der Waals surface area contributed by atoms with Gasteiger partial charge in [-0.05, 0) is 56.2 Å². The van der Waals surface area contributed by atoms with Gasteiger partial charge >= 0.3 is 0 Å². The maximum Gasteiger partial charge on any atom is 0.227 e. The molecule has 3 aromatic rings. The zero-order valence-corrected chi connectivity index (χ0v) is 20.0. The number of aliphatic imine (C=N–C) groups is 1. The van der Waals surface area contributed by atoms with Crippen molar-refractivity contribution in [2.24, 2.45) is 4.99 Å². The molecule has 0 radical (unpaired) electrons. The third-order valence-corrected chi connectivity index (χ3v) is 4.53. The van der Waals surface area contributed by atoms with Crippen LogP contribution in [0.25, 0.3) is 10.9 Å². The van der Waals surface area contributed by atoms with Crippen LogP contribution >= 0.6 is 24.0 Å². The van der Waals surface area contributed by atoms with Crippen molar-refractivity contribution in [3.8, 4) is 0 Å². The second-order valence-electron chi connectivity index (χ2n) is 6.90. The van der Waals surface area contributed by atoms with Crippen molar-refractivity contribution in [1.29, 1.82) is 0 Å². The first-order valence-electron chi connectivity index (χ1n) is 10.1. The molecule has 1 amide bonds. The largest absolute Gasteiger partial charge is 0.361 e. The molecule has 0 spiro atoms. The van der Waals surface area contributed by atoms with Gasteiger partial charge in [0.25, 0.3) is 0 Å². The van der Waals surface area contributed by atoms with Gasteiger partial charge in [0, 0.05) is 42.3 Å². The fraction of sp³-hybridized carbons (Fsp3) is 0.318. The van der Waals surface area contributed by atoms with Crippen molar-refractivity contribution >= 4 is 52.6 Å². The van der Waals surface area contributed by atoms with Crippen LogP contribution in [-0.2, 0) is 11.2 Å². The maximum atomic E-state index is 13.3. The second-order valence-corrected chi connectivity index (χ2v) is 6.90. The molecular formula is C22H28FIN6O. The first kappa shape index (κ1) is 24.6. The summed E-state index contributed by atoms with van der Waals surface area (Å²) in [6.45, 7) is 5.61. The Labute approximate surface area is 198 Å². The van der Waals surface area contributed by atoms with Crippen molar-refractivity contribution in [2.45, 2.75) is 26.7 Å². The molecule has 31 heavy (non-hydrogen) atoms. The summed E-state index contributed by atoms with van der Waals surface area (Å²) in [4.78, 5) is 23.9. The van der Waals surface area contributed by atoms with E-state index in [1.54, 1.807) is 12.1 Å². The van der Waals surface area contributed by atoms with Crippen LogP contribution in [0, 0.1) is 12.7 Å². The van der Waals surface area contributed by atoms with Crippen LogP contribution in [0.3, 0.4) is 0 Å². The number of anilines is 1. The van der Waals surface area contributed by atoms with Crippen molar-refractivity contribution < 1.29 is 9.18 Å². The first-order chi connectivity index (χ1) is 14.5. The first-order valence-corrected chi connectivity index (χ1v) is 10.1. The summed E-state index contributed by atoms with van der Waals surface area (Å²) in [5.41, 5.74) is 2.75. The molecule has 2 heterocycles. The topological polar surface area (TPSA) is 94.2 Å². The smallest absolute Gasteiger partial charge is 0.227 e. The molecule has 3 rings (SSSR count). The Kier molecular flexibility index (Phi) is 9.70. The third-order valence-electron chi connectivity index (χ3n) is 4.53. The van der Waals surface area contributed by atoms with Gasteiger partial charge < -0.3 is 20.9 Å². The number of guanidine groups is 1. The Morgan fingerprint density at radius 2 is 2.06 bits per heavy atom. The molecule has 1 aromatic carbocycles. The molecule has 0 aliphatic rings. The van der Waals surface area contributed by atoms with E-state index in [-0.39, 0.29) is 42.1 Å². The predicted octanol–water partition coefficient (Wildman–Crippen LogP) is 3.75. The summed E-state index contributed by atoms with van der Waals surface area (Å²) in [5.74, 6) is 0.828. The number of halogens is 2. The van der Waals surface area contributed by atoms with E-state index in [9.17, 15) is 9.18 Å². The number of benzene rings is 1. The number of hydrogen-bond donors (Lipinski definition) is 4. The zero-order chi connectivity index (χ0) is 21.3. The van der Waals surface area contributed by atoms with Crippen LogP contribution < -0.4 is 16.0 Å². The SMILES string of the molecule is CCNC(=NCCC(=O)Nc1cccc(C)n1)NCCc1c[nH]c2cc(F)ccc12.I. The Hall–Kier alpha value is -2.69. The fourth-order valence-corrected chi connectivity index (χ4v) is 3.11. The van der Waals surface area contributed by atoms with Crippen LogP contribution in [0.2, 0.25) is 0 Å². The van der Waals surface area contributed by atoms with Gasteiger partial charge in [0.15, 0.2) is 5.96 Å². The number of carbonyl (C=O) groups is 1. The number of nitrogens with zero attached hydrogens (tertiary/aromatic N) is 2. The van der Waals surface area contributed by atoms with Crippen LogP contribution in [0.15, 0.2) is 47.6 Å². The van der Waals surface area contributed by atoms with E-state index in [1.807, 2.05) is 32.2 Å². The minimum absolute atomic E-state index is 0. The van der Waals surface area contributed by atoms with E-state index in [1.165, 1.54) is 12.1 Å². The molecule has 0 atom stereocenters. The van der Waals surface area contributed by atoms with Crippen LogP contribution in [-0.4, -0.2) is 41.5 Å². The predicted molar refractivity (Wildman–Crippen MR) is 134 cm³/mol. The van der Waals surface area contributed by atoms with E-state index in [4.69, 9.17) is 0 Å². The number of rotatable bonds is 8. The van der Waals surface area contributed by atoms with Crippen LogP contribution in [0.4, 0.5) is 10.2 Å². The fourth-order valence-electron chi connectivity index (χ4n) is 3.11. The van der Waals surface area contributed by atoms with Crippen molar-refractivity contribution in [3.05, 3.63) is 59.7 Å². The lowest BCUT2D eigenvalue weighted by Crippen LogP contribution is -2.38. The molecule has 0 bridgehead atoms. The highest BCUT2D eigenvalue weighted by molar-refractivity contribution is 14.0. The average Bonchev–Trinajstić information content (AvgIpc) is 3.10. The van der Waals surface area contributed by atoms with E-state index < -0.39 is 0 Å². The average molecular weight is 538 g/mol. The van der Waals surface area contributed by atoms with Gasteiger partial charge in [0.1, 0.15) is 11.6 Å². The lowest BCUT2D eigenvalue weighted by atomic mass is 10.1. The molecule has 7 nitrogen and oxygen atoms in total. The summed E-state index contributed by atoms with van der Waals surface area (Å²) >= 11 is 0. The van der Waals surface area contributed by atoms with Gasteiger partial charge in [-0.3, -0.25) is 9.79 Å². The van der Waals surface area contributed by atoms with Gasteiger partial charge in [0.05, 0.1) is 6.54 Å². The summed E-state index contributed by atoms with van der Waals surface area (Å²) in [7, 11) is 0. The normalized spacial score (nSPS) is 11.1. The van der Waals surface area contributed by atoms with Gasteiger partial charge in [-0.25, -0.2) is 9.37 Å². The highest BCUT2D eigenvalue weighted by atomic mass is 127. The van der Waals surface area contributed by atoms with E-state index in [0.717, 1.165) is 35.1 Å². The lowest BCUT2D eigenvalue weighted by molar-refractivity contribution is -0.116.